The number of hydrogen-bond acceptors (Lipinski definition) is 6. The molecule has 0 aliphatic heterocycles. The molecular formula is C23H22N2O4S. The minimum atomic E-state index is -0.117. The number of hydrogen-bond donors (Lipinski definition) is 0. The Kier molecular flexibility index (Phi) is 5.72. The highest BCUT2D eigenvalue weighted by atomic mass is 32.1. The first-order valence-electron chi connectivity index (χ1n) is 9.61. The molecule has 0 amide bonds. The quantitative estimate of drug-likeness (QED) is 0.423. The fraction of sp³-hybridized carbons (Fsp3) is 0.217. The van der Waals surface area contributed by atoms with Crippen LogP contribution in [0.15, 0.2) is 59.7 Å². The maximum Gasteiger partial charge on any atom is 0.275 e. The summed E-state index contributed by atoms with van der Waals surface area (Å²) in [6.45, 7) is 2.65. The Morgan fingerprint density at radius 1 is 1.00 bits per heavy atom. The fourth-order valence-corrected chi connectivity index (χ4v) is 4.18. The van der Waals surface area contributed by atoms with Gasteiger partial charge in [0.25, 0.3) is 5.56 Å². The van der Waals surface area contributed by atoms with Crippen LogP contribution in [0.2, 0.25) is 0 Å². The van der Waals surface area contributed by atoms with Crippen LogP contribution in [0.3, 0.4) is 0 Å². The molecule has 2 aromatic carbocycles. The summed E-state index contributed by atoms with van der Waals surface area (Å²) in [4.78, 5) is 18.7. The van der Waals surface area contributed by atoms with Crippen LogP contribution in [0.5, 0.6) is 17.2 Å². The summed E-state index contributed by atoms with van der Waals surface area (Å²) in [5, 5.41) is 0. The van der Waals surface area contributed by atoms with Gasteiger partial charge < -0.3 is 14.2 Å². The normalized spacial score (nSPS) is 10.9. The smallest absolute Gasteiger partial charge is 0.275 e. The van der Waals surface area contributed by atoms with Gasteiger partial charge in [-0.15, -0.1) is 11.3 Å². The van der Waals surface area contributed by atoms with E-state index in [1.165, 1.54) is 15.9 Å². The fourth-order valence-electron chi connectivity index (χ4n) is 3.13. The van der Waals surface area contributed by atoms with Crippen molar-refractivity contribution >= 4 is 21.6 Å². The number of thiophene rings is 1. The van der Waals surface area contributed by atoms with E-state index in [0.717, 1.165) is 22.6 Å². The number of fused-ring (bicyclic) bond motifs is 1. The molecule has 2 heterocycles. The topological polar surface area (TPSA) is 62.6 Å². The van der Waals surface area contributed by atoms with Crippen molar-refractivity contribution in [1.29, 1.82) is 0 Å². The number of methoxy groups -OCH3 is 2. The summed E-state index contributed by atoms with van der Waals surface area (Å²) < 4.78 is 18.5. The Labute approximate surface area is 178 Å². The lowest BCUT2D eigenvalue weighted by Crippen LogP contribution is -2.17. The van der Waals surface area contributed by atoms with E-state index in [4.69, 9.17) is 14.2 Å². The van der Waals surface area contributed by atoms with Crippen molar-refractivity contribution in [3.8, 4) is 33.4 Å². The third kappa shape index (κ3) is 3.76. The SMILES string of the molecule is CCCOc1ccc(-n2cnc3cc(-c4ccc(OC)cc4)sc3c2=O)cc1OC. The molecule has 154 valence electrons. The summed E-state index contributed by atoms with van der Waals surface area (Å²) >= 11 is 1.43. The molecule has 0 saturated carbocycles. The number of rotatable bonds is 7. The molecule has 0 fully saturated rings. The first-order valence-corrected chi connectivity index (χ1v) is 10.4. The molecule has 0 bridgehead atoms. The van der Waals surface area contributed by atoms with Crippen molar-refractivity contribution in [3.63, 3.8) is 0 Å². The molecule has 4 rings (SSSR count). The van der Waals surface area contributed by atoms with Crippen LogP contribution in [0.25, 0.3) is 26.3 Å². The summed E-state index contributed by atoms with van der Waals surface area (Å²) in [6.07, 6.45) is 2.45. The molecule has 0 aliphatic rings. The largest absolute Gasteiger partial charge is 0.497 e. The second-order valence-corrected chi connectivity index (χ2v) is 7.71. The molecule has 6 nitrogen and oxygen atoms in total. The highest BCUT2D eigenvalue weighted by Crippen LogP contribution is 2.33. The highest BCUT2D eigenvalue weighted by Gasteiger charge is 2.13. The zero-order valence-electron chi connectivity index (χ0n) is 17.0. The molecule has 7 heteroatoms. The number of benzene rings is 2. The predicted octanol–water partition coefficient (Wildman–Crippen LogP) is 4.92. The van der Waals surface area contributed by atoms with Crippen molar-refractivity contribution in [2.75, 3.05) is 20.8 Å². The summed E-state index contributed by atoms with van der Waals surface area (Å²) in [7, 11) is 3.22. The average molecular weight is 423 g/mol. The second kappa shape index (κ2) is 8.59. The number of aromatic nitrogens is 2. The van der Waals surface area contributed by atoms with Gasteiger partial charge >= 0.3 is 0 Å². The van der Waals surface area contributed by atoms with Gasteiger partial charge in [0.05, 0.1) is 32.0 Å². The van der Waals surface area contributed by atoms with Gasteiger partial charge in [0.15, 0.2) is 11.5 Å². The molecule has 2 aromatic heterocycles. The number of ether oxygens (including phenoxy) is 3. The molecule has 0 aliphatic carbocycles. The van der Waals surface area contributed by atoms with Gasteiger partial charge in [-0.05, 0) is 54.4 Å². The summed E-state index contributed by atoms with van der Waals surface area (Å²) in [6, 6.07) is 15.1. The predicted molar refractivity (Wildman–Crippen MR) is 120 cm³/mol. The van der Waals surface area contributed by atoms with Crippen LogP contribution in [-0.2, 0) is 0 Å². The van der Waals surface area contributed by atoms with E-state index in [1.54, 1.807) is 26.6 Å². The lowest BCUT2D eigenvalue weighted by atomic mass is 10.2. The van der Waals surface area contributed by atoms with Crippen LogP contribution in [0.4, 0.5) is 0 Å². The molecule has 0 unspecified atom stereocenters. The minimum Gasteiger partial charge on any atom is -0.497 e. The summed E-state index contributed by atoms with van der Waals surface area (Å²) in [5.74, 6) is 2.03. The Balaban J connectivity index is 1.74. The van der Waals surface area contributed by atoms with Gasteiger partial charge in [-0.25, -0.2) is 4.98 Å². The van der Waals surface area contributed by atoms with E-state index >= 15 is 0 Å². The van der Waals surface area contributed by atoms with E-state index in [-0.39, 0.29) is 5.56 Å². The minimum absolute atomic E-state index is 0.117. The maximum absolute atomic E-state index is 13.2. The van der Waals surface area contributed by atoms with Crippen molar-refractivity contribution in [1.82, 2.24) is 9.55 Å². The van der Waals surface area contributed by atoms with Crippen LogP contribution in [-0.4, -0.2) is 30.4 Å². The Bertz CT molecular complexity index is 1230. The van der Waals surface area contributed by atoms with Gasteiger partial charge in [-0.2, -0.15) is 0 Å². The van der Waals surface area contributed by atoms with E-state index < -0.39 is 0 Å². The van der Waals surface area contributed by atoms with Crippen LogP contribution < -0.4 is 19.8 Å². The van der Waals surface area contributed by atoms with Crippen molar-refractivity contribution in [2.45, 2.75) is 13.3 Å². The lowest BCUT2D eigenvalue weighted by Gasteiger charge is -2.12. The maximum atomic E-state index is 13.2. The molecule has 4 aromatic rings. The van der Waals surface area contributed by atoms with Crippen molar-refractivity contribution < 1.29 is 14.2 Å². The Morgan fingerprint density at radius 2 is 1.80 bits per heavy atom. The molecule has 0 atom stereocenters. The zero-order chi connectivity index (χ0) is 21.1. The third-order valence-corrected chi connectivity index (χ3v) is 5.86. The van der Waals surface area contributed by atoms with Gasteiger partial charge in [-0.1, -0.05) is 6.92 Å². The zero-order valence-corrected chi connectivity index (χ0v) is 17.9. The average Bonchev–Trinajstić information content (AvgIpc) is 3.23. The van der Waals surface area contributed by atoms with Gasteiger partial charge in [0, 0.05) is 10.9 Å². The van der Waals surface area contributed by atoms with E-state index in [0.29, 0.717) is 34.0 Å². The van der Waals surface area contributed by atoms with E-state index in [9.17, 15) is 4.79 Å². The Morgan fingerprint density at radius 3 is 2.50 bits per heavy atom. The highest BCUT2D eigenvalue weighted by molar-refractivity contribution is 7.22. The first kappa shape index (κ1) is 20.0. The van der Waals surface area contributed by atoms with Crippen LogP contribution in [0, 0.1) is 0 Å². The van der Waals surface area contributed by atoms with Crippen molar-refractivity contribution in [3.05, 3.63) is 65.2 Å². The van der Waals surface area contributed by atoms with Crippen LogP contribution in [0.1, 0.15) is 13.3 Å². The monoisotopic (exact) mass is 422 g/mol. The summed E-state index contributed by atoms with van der Waals surface area (Å²) in [5.41, 5.74) is 2.26. The Hall–Kier alpha value is -3.32. The molecule has 0 radical (unpaired) electrons. The van der Waals surface area contributed by atoms with Gasteiger partial charge in [0.1, 0.15) is 16.8 Å². The molecule has 30 heavy (non-hydrogen) atoms. The second-order valence-electron chi connectivity index (χ2n) is 6.66. The molecule has 0 saturated heterocycles. The molecule has 0 spiro atoms. The third-order valence-electron chi connectivity index (χ3n) is 4.70. The lowest BCUT2D eigenvalue weighted by molar-refractivity contribution is 0.294. The first-order chi connectivity index (χ1) is 14.6. The molecular weight excluding hydrogens is 400 g/mol. The van der Waals surface area contributed by atoms with Gasteiger partial charge in [0.2, 0.25) is 0 Å². The van der Waals surface area contributed by atoms with Crippen LogP contribution >= 0.6 is 11.3 Å². The van der Waals surface area contributed by atoms with E-state index in [2.05, 4.69) is 4.98 Å². The molecule has 0 N–H and O–H groups in total. The standard InChI is InChI=1S/C23H22N2O4S/c1-4-11-29-19-10-7-16(12-20(19)28-3)25-14-24-18-13-21(30-22(18)23(25)26)15-5-8-17(27-2)9-6-15/h5-10,12-14H,4,11H2,1-3H3. The van der Waals surface area contributed by atoms with Gasteiger partial charge in [-0.3, -0.25) is 9.36 Å². The van der Waals surface area contributed by atoms with Crippen molar-refractivity contribution in [2.24, 2.45) is 0 Å². The number of nitrogens with zero attached hydrogens (tertiary/aromatic N) is 2. The van der Waals surface area contributed by atoms with E-state index in [1.807, 2.05) is 49.4 Å².